The van der Waals surface area contributed by atoms with E-state index < -0.39 is 27.0 Å². The second kappa shape index (κ2) is 6.57. The zero-order chi connectivity index (χ0) is 16.4. The third-order valence-corrected chi connectivity index (χ3v) is 6.04. The van der Waals surface area contributed by atoms with Gasteiger partial charge in [0.1, 0.15) is 5.25 Å². The van der Waals surface area contributed by atoms with Crippen LogP contribution in [0, 0.1) is 6.92 Å². The number of hydrogen-bond donors (Lipinski definition) is 2. The predicted molar refractivity (Wildman–Crippen MR) is 81.2 cm³/mol. The van der Waals surface area contributed by atoms with Crippen molar-refractivity contribution in [1.29, 1.82) is 0 Å². The van der Waals surface area contributed by atoms with E-state index in [0.29, 0.717) is 16.6 Å². The van der Waals surface area contributed by atoms with Gasteiger partial charge in [-0.1, -0.05) is 15.9 Å². The van der Waals surface area contributed by atoms with Crippen LogP contribution in [0.3, 0.4) is 0 Å². The number of carbonyl (C=O) groups excluding carboxylic acids is 1. The molecule has 1 amide bonds. The maximum absolute atomic E-state index is 12.5. The number of carbonyl (C=O) groups is 2. The minimum Gasteiger partial charge on any atom is -0.478 e. The molecule has 116 valence electrons. The molecule has 0 aliphatic rings. The van der Waals surface area contributed by atoms with E-state index in [9.17, 15) is 18.0 Å². The summed E-state index contributed by atoms with van der Waals surface area (Å²) in [5, 5.41) is 10.2. The van der Waals surface area contributed by atoms with Crippen molar-refractivity contribution in [2.24, 2.45) is 0 Å². The van der Waals surface area contributed by atoms with E-state index in [4.69, 9.17) is 5.11 Å². The summed E-state index contributed by atoms with van der Waals surface area (Å²) in [6.07, 6.45) is 0. The van der Waals surface area contributed by atoms with Gasteiger partial charge < -0.3 is 10.4 Å². The van der Waals surface area contributed by atoms with Crippen molar-refractivity contribution < 1.29 is 23.1 Å². The molecule has 0 saturated heterocycles. The lowest BCUT2D eigenvalue weighted by Crippen LogP contribution is -2.38. The Morgan fingerprint density at radius 2 is 1.95 bits per heavy atom. The van der Waals surface area contributed by atoms with Crippen LogP contribution in [-0.4, -0.2) is 37.2 Å². The summed E-state index contributed by atoms with van der Waals surface area (Å²) in [5.41, 5.74) is 0.213. The lowest BCUT2D eigenvalue weighted by molar-refractivity contribution is -0.120. The summed E-state index contributed by atoms with van der Waals surface area (Å²) in [6.45, 7) is 4.83. The first-order valence-corrected chi connectivity index (χ1v) is 8.51. The van der Waals surface area contributed by atoms with Gasteiger partial charge in [0.15, 0.2) is 9.84 Å². The zero-order valence-electron chi connectivity index (χ0n) is 11.8. The van der Waals surface area contributed by atoms with Crippen LogP contribution in [-0.2, 0) is 14.6 Å². The van der Waals surface area contributed by atoms with Gasteiger partial charge in [0.05, 0.1) is 10.5 Å². The molecule has 2 N–H and O–H groups in total. The van der Waals surface area contributed by atoms with Crippen LogP contribution in [0.1, 0.15) is 29.8 Å². The fraction of sp³-hybridized carbons (Fsp3) is 0.385. The molecule has 0 spiro atoms. The van der Waals surface area contributed by atoms with Crippen molar-refractivity contribution in [3.63, 3.8) is 0 Å². The van der Waals surface area contributed by atoms with E-state index >= 15 is 0 Å². The fourth-order valence-electron chi connectivity index (χ4n) is 1.72. The molecule has 8 heteroatoms. The predicted octanol–water partition coefficient (Wildman–Crippen LogP) is 1.75. The van der Waals surface area contributed by atoms with Crippen LogP contribution in [0.25, 0.3) is 0 Å². The van der Waals surface area contributed by atoms with Gasteiger partial charge in [-0.05, 0) is 38.5 Å². The van der Waals surface area contributed by atoms with Crippen molar-refractivity contribution in [3.8, 4) is 0 Å². The number of carboxylic acid groups (broad SMARTS) is 1. The Balaban J connectivity index is 3.44. The van der Waals surface area contributed by atoms with E-state index in [-0.39, 0.29) is 10.5 Å². The van der Waals surface area contributed by atoms with Gasteiger partial charge >= 0.3 is 5.97 Å². The number of halogens is 1. The largest absolute Gasteiger partial charge is 0.478 e. The number of nitrogens with one attached hydrogen (secondary N) is 1. The first-order valence-electron chi connectivity index (χ1n) is 6.18. The molecule has 0 aromatic heterocycles. The molecule has 1 aromatic rings. The summed E-state index contributed by atoms with van der Waals surface area (Å²) in [4.78, 5) is 22.7. The van der Waals surface area contributed by atoms with Gasteiger partial charge in [0.2, 0.25) is 5.91 Å². The second-order valence-corrected chi connectivity index (χ2v) is 7.56. The van der Waals surface area contributed by atoms with Crippen LogP contribution in [0.2, 0.25) is 0 Å². The molecule has 1 atom stereocenters. The van der Waals surface area contributed by atoms with Gasteiger partial charge in [-0.2, -0.15) is 0 Å². The maximum atomic E-state index is 12.5. The van der Waals surface area contributed by atoms with Crippen LogP contribution in [0.4, 0.5) is 0 Å². The van der Waals surface area contributed by atoms with Gasteiger partial charge in [-0.25, -0.2) is 13.2 Å². The lowest BCUT2D eigenvalue weighted by atomic mass is 10.1. The lowest BCUT2D eigenvalue weighted by Gasteiger charge is -2.15. The second-order valence-electron chi connectivity index (χ2n) is 4.47. The molecule has 0 aliphatic heterocycles. The van der Waals surface area contributed by atoms with E-state index in [1.54, 1.807) is 13.8 Å². The van der Waals surface area contributed by atoms with Gasteiger partial charge in [0, 0.05) is 11.0 Å². The highest BCUT2D eigenvalue weighted by Crippen LogP contribution is 2.28. The average molecular weight is 378 g/mol. The molecule has 0 bridgehead atoms. The smallest absolute Gasteiger partial charge is 0.335 e. The number of hydrogen-bond acceptors (Lipinski definition) is 4. The zero-order valence-corrected chi connectivity index (χ0v) is 14.2. The summed E-state index contributed by atoms with van der Waals surface area (Å²) < 4.78 is 25.4. The van der Waals surface area contributed by atoms with Gasteiger partial charge in [0.25, 0.3) is 0 Å². The Hall–Kier alpha value is -1.41. The first kappa shape index (κ1) is 17.6. The summed E-state index contributed by atoms with van der Waals surface area (Å²) >= 11 is 3.15. The first-order chi connectivity index (χ1) is 9.62. The SMILES string of the molecule is CCNC(=O)C(C)S(=O)(=O)c1cc(C(=O)O)cc(Br)c1C. The quantitative estimate of drug-likeness (QED) is 0.813. The van der Waals surface area contributed by atoms with Crippen LogP contribution in [0.5, 0.6) is 0 Å². The van der Waals surface area contributed by atoms with Gasteiger partial charge in [-0.15, -0.1) is 0 Å². The Kier molecular flexibility index (Phi) is 5.52. The van der Waals surface area contributed by atoms with Crippen molar-refractivity contribution in [1.82, 2.24) is 5.32 Å². The fourth-order valence-corrected chi connectivity index (χ4v) is 3.89. The molecule has 0 radical (unpaired) electrons. The van der Waals surface area contributed by atoms with E-state index in [1.807, 2.05) is 0 Å². The molecular formula is C13H16BrNO5S. The Bertz CT molecular complexity index is 684. The number of sulfone groups is 1. The van der Waals surface area contributed by atoms with Crippen molar-refractivity contribution >= 4 is 37.6 Å². The average Bonchev–Trinajstić information content (AvgIpc) is 2.40. The molecule has 0 saturated carbocycles. The highest BCUT2D eigenvalue weighted by atomic mass is 79.9. The van der Waals surface area contributed by atoms with Crippen molar-refractivity contribution in [2.75, 3.05) is 6.54 Å². The van der Waals surface area contributed by atoms with E-state index in [2.05, 4.69) is 21.2 Å². The normalized spacial score (nSPS) is 12.8. The molecular weight excluding hydrogens is 362 g/mol. The Morgan fingerprint density at radius 1 is 1.38 bits per heavy atom. The molecule has 1 aromatic carbocycles. The third kappa shape index (κ3) is 3.62. The van der Waals surface area contributed by atoms with Crippen molar-refractivity contribution in [3.05, 3.63) is 27.7 Å². The molecule has 0 fully saturated rings. The van der Waals surface area contributed by atoms with E-state index in [1.165, 1.54) is 13.0 Å². The monoisotopic (exact) mass is 377 g/mol. The van der Waals surface area contributed by atoms with Crippen LogP contribution < -0.4 is 5.32 Å². The maximum Gasteiger partial charge on any atom is 0.335 e. The highest BCUT2D eigenvalue weighted by Gasteiger charge is 2.32. The van der Waals surface area contributed by atoms with Gasteiger partial charge in [-0.3, -0.25) is 4.79 Å². The van der Waals surface area contributed by atoms with Crippen molar-refractivity contribution in [2.45, 2.75) is 30.9 Å². The standard InChI is InChI=1S/C13H16BrNO5S/c1-4-15-12(16)8(3)21(19,20)11-6-9(13(17)18)5-10(14)7(11)2/h5-6,8H,4H2,1-3H3,(H,15,16)(H,17,18). The Morgan fingerprint density at radius 3 is 2.43 bits per heavy atom. The van der Waals surface area contributed by atoms with Crippen LogP contribution in [0.15, 0.2) is 21.5 Å². The summed E-state index contributed by atoms with van der Waals surface area (Å²) in [7, 11) is -3.97. The Labute approximate surface area is 131 Å². The number of carboxylic acids is 1. The summed E-state index contributed by atoms with van der Waals surface area (Å²) in [5.74, 6) is -1.86. The summed E-state index contributed by atoms with van der Waals surface area (Å²) in [6, 6.07) is 2.40. The molecule has 0 aliphatic carbocycles. The number of benzene rings is 1. The highest BCUT2D eigenvalue weighted by molar-refractivity contribution is 9.10. The number of aromatic carboxylic acids is 1. The third-order valence-electron chi connectivity index (χ3n) is 3.04. The molecule has 1 rings (SSSR count). The van der Waals surface area contributed by atoms with E-state index in [0.717, 1.165) is 6.07 Å². The molecule has 0 heterocycles. The minimum atomic E-state index is -3.97. The molecule has 21 heavy (non-hydrogen) atoms. The number of amides is 1. The molecule has 6 nitrogen and oxygen atoms in total. The molecule has 1 unspecified atom stereocenters. The van der Waals surface area contributed by atoms with Crippen LogP contribution >= 0.6 is 15.9 Å². The minimum absolute atomic E-state index is 0.158. The topological polar surface area (TPSA) is 101 Å². The number of rotatable bonds is 5.